The van der Waals surface area contributed by atoms with E-state index in [0.29, 0.717) is 18.0 Å². The third kappa shape index (κ3) is 3.96. The van der Waals surface area contributed by atoms with Crippen LogP contribution in [-0.2, 0) is 11.3 Å². The fourth-order valence-electron chi connectivity index (χ4n) is 6.37. The van der Waals surface area contributed by atoms with Gasteiger partial charge in [-0.05, 0) is 49.9 Å². The lowest BCUT2D eigenvalue weighted by atomic mass is 9.88. The average Bonchev–Trinajstić information content (AvgIpc) is 3.53. The van der Waals surface area contributed by atoms with Crippen LogP contribution in [0.5, 0.6) is 0 Å². The normalized spacial score (nSPS) is 27.2. The van der Waals surface area contributed by atoms with Gasteiger partial charge in [0.05, 0.1) is 12.1 Å². The summed E-state index contributed by atoms with van der Waals surface area (Å²) in [5.74, 6) is 0.311. The molecule has 1 saturated carbocycles. The number of anilines is 1. The van der Waals surface area contributed by atoms with Crippen molar-refractivity contribution < 1.29 is 9.90 Å². The number of nitrogens with one attached hydrogen (secondary N) is 1. The van der Waals surface area contributed by atoms with Gasteiger partial charge in [0.2, 0.25) is 5.91 Å². The molecule has 3 aliphatic rings. The average molecular weight is 448 g/mol. The number of likely N-dealkylation sites (tertiary alicyclic amines) is 1. The Hall–Kier alpha value is -2.70. The molecule has 0 unspecified atom stereocenters. The molecule has 2 fully saturated rings. The van der Waals surface area contributed by atoms with Gasteiger partial charge in [0, 0.05) is 48.5 Å². The number of hydrogen-bond acceptors (Lipinski definition) is 4. The Morgan fingerprint density at radius 1 is 1.15 bits per heavy atom. The van der Waals surface area contributed by atoms with E-state index in [9.17, 15) is 14.7 Å². The lowest BCUT2D eigenvalue weighted by molar-refractivity contribution is -0.122. The molecular formula is C27H33N3O3. The first-order valence-corrected chi connectivity index (χ1v) is 12.2. The summed E-state index contributed by atoms with van der Waals surface area (Å²) in [5.41, 5.74) is 2.44. The topological polar surface area (TPSA) is 74.6 Å². The second-order valence-corrected chi connectivity index (χ2v) is 9.73. The number of aliphatic hydroxyl groups is 1. The molecule has 1 aromatic carbocycles. The Morgan fingerprint density at radius 3 is 2.61 bits per heavy atom. The van der Waals surface area contributed by atoms with Gasteiger partial charge in [-0.15, -0.1) is 0 Å². The van der Waals surface area contributed by atoms with Crippen molar-refractivity contribution in [1.82, 2.24) is 9.47 Å². The number of aromatic nitrogens is 1. The summed E-state index contributed by atoms with van der Waals surface area (Å²) in [6, 6.07) is 13.0. The number of aliphatic hydroxyl groups excluding tert-OH is 1. The molecule has 174 valence electrons. The quantitative estimate of drug-likeness (QED) is 0.709. The van der Waals surface area contributed by atoms with Crippen molar-refractivity contribution in [1.29, 1.82) is 0 Å². The predicted octanol–water partition coefficient (Wildman–Crippen LogP) is 3.67. The molecule has 2 aliphatic heterocycles. The molecule has 1 amide bonds. The van der Waals surface area contributed by atoms with Gasteiger partial charge in [0.15, 0.2) is 0 Å². The second-order valence-electron chi connectivity index (χ2n) is 9.73. The SMILES string of the molecule is CC=Cc1ccc2n(c1=O)C[C@@H]1[C@@H](CO)[C@H](C(=O)Nc3ccccc3)N(CC3CCCC3)[C@H]21. The molecule has 1 aliphatic carbocycles. The van der Waals surface area contributed by atoms with Crippen molar-refractivity contribution in [3.8, 4) is 0 Å². The van der Waals surface area contributed by atoms with Crippen LogP contribution in [-0.4, -0.2) is 39.7 Å². The van der Waals surface area contributed by atoms with Crippen molar-refractivity contribution in [3.05, 3.63) is 70.2 Å². The molecule has 3 heterocycles. The van der Waals surface area contributed by atoms with Crippen LogP contribution in [0.25, 0.3) is 6.08 Å². The molecule has 1 aromatic heterocycles. The fourth-order valence-corrected chi connectivity index (χ4v) is 6.37. The summed E-state index contributed by atoms with van der Waals surface area (Å²) in [7, 11) is 0. The van der Waals surface area contributed by atoms with Gasteiger partial charge in [0.25, 0.3) is 5.56 Å². The molecule has 6 heteroatoms. The summed E-state index contributed by atoms with van der Waals surface area (Å²) < 4.78 is 1.88. The third-order valence-electron chi connectivity index (χ3n) is 7.82. The first-order chi connectivity index (χ1) is 16.1. The number of para-hydroxylation sites is 1. The van der Waals surface area contributed by atoms with Crippen molar-refractivity contribution in [2.24, 2.45) is 17.8 Å². The van der Waals surface area contributed by atoms with Gasteiger partial charge in [-0.25, -0.2) is 0 Å². The van der Waals surface area contributed by atoms with E-state index < -0.39 is 6.04 Å². The molecule has 2 aromatic rings. The van der Waals surface area contributed by atoms with E-state index in [-0.39, 0.29) is 36.0 Å². The first kappa shape index (κ1) is 22.1. The molecule has 4 atom stereocenters. The van der Waals surface area contributed by atoms with Crippen LogP contribution in [0.15, 0.2) is 53.3 Å². The number of benzene rings is 1. The largest absolute Gasteiger partial charge is 0.396 e. The minimum atomic E-state index is -0.412. The van der Waals surface area contributed by atoms with E-state index in [1.165, 1.54) is 25.7 Å². The van der Waals surface area contributed by atoms with Crippen molar-refractivity contribution in [2.75, 3.05) is 18.5 Å². The van der Waals surface area contributed by atoms with E-state index in [1.807, 2.05) is 60.0 Å². The number of hydrogen-bond donors (Lipinski definition) is 2. The molecule has 33 heavy (non-hydrogen) atoms. The van der Waals surface area contributed by atoms with E-state index in [2.05, 4.69) is 16.3 Å². The van der Waals surface area contributed by atoms with Crippen LogP contribution in [0.1, 0.15) is 49.9 Å². The Balaban J connectivity index is 1.52. The number of pyridine rings is 1. The standard InChI is InChI=1S/C27H33N3O3/c1-2-8-19-13-14-23-24-21(16-29(23)27(19)33)22(17-31)25(30(24)15-18-9-6-7-10-18)26(32)28-20-11-4-3-5-12-20/h2-5,8,11-14,18,21-22,24-25,31H,6-7,9-10,15-17H2,1H3,(H,28,32)/t21-,22-,24+,25-/m1/s1. The zero-order valence-corrected chi connectivity index (χ0v) is 19.2. The van der Waals surface area contributed by atoms with Crippen molar-refractivity contribution in [3.63, 3.8) is 0 Å². The van der Waals surface area contributed by atoms with Gasteiger partial charge in [-0.3, -0.25) is 14.5 Å². The number of carbonyl (C=O) groups is 1. The van der Waals surface area contributed by atoms with E-state index >= 15 is 0 Å². The number of amides is 1. The van der Waals surface area contributed by atoms with Gasteiger partial charge >= 0.3 is 0 Å². The summed E-state index contributed by atoms with van der Waals surface area (Å²) in [6.07, 6.45) is 8.56. The molecule has 0 spiro atoms. The molecular weight excluding hydrogens is 414 g/mol. The summed E-state index contributed by atoms with van der Waals surface area (Å²) >= 11 is 0. The Bertz CT molecular complexity index is 1090. The number of nitrogens with zero attached hydrogens (tertiary/aromatic N) is 2. The smallest absolute Gasteiger partial charge is 0.258 e. The van der Waals surface area contributed by atoms with Crippen molar-refractivity contribution >= 4 is 17.7 Å². The number of carbonyl (C=O) groups excluding carboxylic acids is 1. The van der Waals surface area contributed by atoms with Crippen LogP contribution in [0.2, 0.25) is 0 Å². The van der Waals surface area contributed by atoms with Crippen molar-refractivity contribution in [2.45, 2.75) is 51.2 Å². The lowest BCUT2D eigenvalue weighted by Gasteiger charge is -2.32. The summed E-state index contributed by atoms with van der Waals surface area (Å²) in [6.45, 7) is 3.22. The highest BCUT2D eigenvalue weighted by Crippen LogP contribution is 2.50. The Morgan fingerprint density at radius 2 is 1.91 bits per heavy atom. The van der Waals surface area contributed by atoms with Gasteiger partial charge in [-0.2, -0.15) is 0 Å². The molecule has 5 rings (SSSR count). The van der Waals surface area contributed by atoms with E-state index in [4.69, 9.17) is 0 Å². The first-order valence-electron chi connectivity index (χ1n) is 12.2. The van der Waals surface area contributed by atoms with Gasteiger partial charge in [0.1, 0.15) is 0 Å². The fraction of sp³-hybridized carbons (Fsp3) is 0.481. The summed E-state index contributed by atoms with van der Waals surface area (Å²) in [5, 5.41) is 13.5. The minimum Gasteiger partial charge on any atom is -0.396 e. The van der Waals surface area contributed by atoms with Crippen LogP contribution in [0.4, 0.5) is 5.69 Å². The predicted molar refractivity (Wildman–Crippen MR) is 130 cm³/mol. The van der Waals surface area contributed by atoms with E-state index in [0.717, 1.165) is 17.9 Å². The highest BCUT2D eigenvalue weighted by Gasteiger charge is 2.55. The van der Waals surface area contributed by atoms with E-state index in [1.54, 1.807) is 0 Å². The zero-order chi connectivity index (χ0) is 22.9. The van der Waals surface area contributed by atoms with Crippen LogP contribution >= 0.6 is 0 Å². The van der Waals surface area contributed by atoms with Crippen LogP contribution in [0, 0.1) is 17.8 Å². The maximum absolute atomic E-state index is 13.6. The third-order valence-corrected chi connectivity index (χ3v) is 7.82. The second kappa shape index (κ2) is 9.27. The molecule has 0 radical (unpaired) electrons. The number of fused-ring (bicyclic) bond motifs is 3. The molecule has 2 N–H and O–H groups in total. The highest BCUT2D eigenvalue weighted by atomic mass is 16.3. The molecule has 6 nitrogen and oxygen atoms in total. The highest BCUT2D eigenvalue weighted by molar-refractivity contribution is 5.95. The zero-order valence-electron chi connectivity index (χ0n) is 19.2. The maximum Gasteiger partial charge on any atom is 0.258 e. The maximum atomic E-state index is 13.6. The Kier molecular flexibility index (Phi) is 6.21. The van der Waals surface area contributed by atoms with Crippen LogP contribution < -0.4 is 10.9 Å². The van der Waals surface area contributed by atoms with Crippen LogP contribution in [0.3, 0.4) is 0 Å². The minimum absolute atomic E-state index is 0.0165. The monoisotopic (exact) mass is 447 g/mol. The lowest BCUT2D eigenvalue weighted by Crippen LogP contribution is -2.47. The molecule has 0 bridgehead atoms. The number of allylic oxidation sites excluding steroid dienone is 1. The molecule has 1 saturated heterocycles. The van der Waals surface area contributed by atoms with Gasteiger partial charge < -0.3 is 15.0 Å². The summed E-state index contributed by atoms with van der Waals surface area (Å²) in [4.78, 5) is 29.0. The number of rotatable bonds is 6. The Labute approximate surface area is 194 Å². The van der Waals surface area contributed by atoms with Gasteiger partial charge in [-0.1, -0.05) is 43.2 Å².